The minimum atomic E-state index is -0.575. The van der Waals surface area contributed by atoms with Crippen LogP contribution in [-0.2, 0) is 47.9 Å². The van der Waals surface area contributed by atoms with Crippen LogP contribution in [0.4, 0.5) is 0 Å². The van der Waals surface area contributed by atoms with Crippen LogP contribution in [0, 0.1) is 11.8 Å². The van der Waals surface area contributed by atoms with Crippen LogP contribution in [0.2, 0.25) is 0 Å². The molecular weight excluding hydrogens is 588 g/mol. The Hall–Kier alpha value is -2.29. The molecule has 12 nitrogen and oxygen atoms in total. The van der Waals surface area contributed by atoms with Crippen molar-refractivity contribution in [2.75, 3.05) is 44.5 Å². The lowest BCUT2D eigenvalue weighted by atomic mass is 9.82. The van der Waals surface area contributed by atoms with E-state index in [0.29, 0.717) is 62.7 Å². The van der Waals surface area contributed by atoms with E-state index in [4.69, 9.17) is 14.3 Å². The molecule has 1 aliphatic carbocycles. The number of nitrogens with zero attached hydrogens (tertiary/aromatic N) is 2. The quantitative estimate of drug-likeness (QED) is 0.152. The molecule has 236 valence electrons. The Morgan fingerprint density at radius 2 is 1.43 bits per heavy atom. The van der Waals surface area contributed by atoms with E-state index in [1.807, 2.05) is 0 Å². The molecule has 0 bridgehead atoms. The van der Waals surface area contributed by atoms with Crippen LogP contribution >= 0.6 is 24.4 Å². The summed E-state index contributed by atoms with van der Waals surface area (Å²) in [6.07, 6.45) is 4.28. The summed E-state index contributed by atoms with van der Waals surface area (Å²) in [6, 6.07) is 0. The van der Waals surface area contributed by atoms with Crippen LogP contribution in [0.3, 0.4) is 0 Å². The molecule has 14 heteroatoms. The monoisotopic (exact) mass is 630 g/mol. The summed E-state index contributed by atoms with van der Waals surface area (Å²) >= 11 is 5.42. The molecule has 1 atom stereocenters. The zero-order valence-corrected chi connectivity index (χ0v) is 26.1. The second-order valence-electron chi connectivity index (χ2n) is 10.6. The van der Waals surface area contributed by atoms with Crippen molar-refractivity contribution in [3.05, 3.63) is 0 Å². The molecule has 3 aliphatic rings. The number of carbonyl (C=O) groups is 7. The first-order valence-electron chi connectivity index (χ1n) is 14.3. The fourth-order valence-corrected chi connectivity index (χ4v) is 5.85. The largest absolute Gasteiger partial charge is 0.374 e. The summed E-state index contributed by atoms with van der Waals surface area (Å²) in [6.45, 7) is 4.74. The minimum absolute atomic E-state index is 0.0300. The maximum Gasteiger partial charge on any atom is 0.336 e. The molecule has 1 saturated carbocycles. The number of ketones is 2. The Balaban J connectivity index is 0.000000592. The normalized spacial score (nSPS) is 22.3. The number of hydrogen-bond acceptors (Lipinski definition) is 12. The van der Waals surface area contributed by atoms with Gasteiger partial charge in [-0.2, -0.15) is 12.6 Å². The molecule has 4 amide bonds. The maximum atomic E-state index is 12.7. The van der Waals surface area contributed by atoms with Crippen molar-refractivity contribution in [3.8, 4) is 0 Å². The molecule has 0 radical (unpaired) electrons. The number of thiol groups is 1. The van der Waals surface area contributed by atoms with Gasteiger partial charge < -0.3 is 14.3 Å². The van der Waals surface area contributed by atoms with E-state index in [2.05, 4.69) is 12.6 Å². The average molecular weight is 631 g/mol. The molecule has 0 aromatic heterocycles. The summed E-state index contributed by atoms with van der Waals surface area (Å²) in [5.41, 5.74) is 0. The summed E-state index contributed by atoms with van der Waals surface area (Å²) in [5.74, 6) is -0.654. The SMILES string of the molecule is CC(=O)COCCCS.CC(=O)COCCCSC1CC(=O)N(CC2CCC(C(=O)ON3C(=O)CCC3=O)CC2)C1=O. The lowest BCUT2D eigenvalue weighted by molar-refractivity contribution is -0.201. The van der Waals surface area contributed by atoms with Crippen molar-refractivity contribution in [2.24, 2.45) is 11.8 Å². The van der Waals surface area contributed by atoms with Gasteiger partial charge in [0.25, 0.3) is 11.8 Å². The smallest absolute Gasteiger partial charge is 0.336 e. The highest BCUT2D eigenvalue weighted by Crippen LogP contribution is 2.33. The predicted molar refractivity (Wildman–Crippen MR) is 156 cm³/mol. The molecule has 3 rings (SSSR count). The second kappa shape index (κ2) is 19.1. The number of hydroxylamine groups is 2. The highest BCUT2D eigenvalue weighted by Gasteiger charge is 2.41. The molecule has 0 aromatic carbocycles. The molecule has 42 heavy (non-hydrogen) atoms. The molecule has 1 unspecified atom stereocenters. The van der Waals surface area contributed by atoms with Gasteiger partial charge in [-0.3, -0.25) is 33.7 Å². The average Bonchev–Trinajstić information content (AvgIpc) is 3.40. The Kier molecular flexibility index (Phi) is 16.3. The lowest BCUT2D eigenvalue weighted by Crippen LogP contribution is -2.39. The van der Waals surface area contributed by atoms with E-state index in [0.717, 1.165) is 12.2 Å². The summed E-state index contributed by atoms with van der Waals surface area (Å²) in [5, 5.41) is 0.190. The van der Waals surface area contributed by atoms with Gasteiger partial charge in [-0.25, -0.2) is 4.79 Å². The van der Waals surface area contributed by atoms with Crippen LogP contribution < -0.4 is 0 Å². The Morgan fingerprint density at radius 1 is 0.857 bits per heavy atom. The van der Waals surface area contributed by atoms with Gasteiger partial charge >= 0.3 is 5.97 Å². The van der Waals surface area contributed by atoms with Gasteiger partial charge in [0.2, 0.25) is 11.8 Å². The first kappa shape index (κ1) is 35.9. The first-order chi connectivity index (χ1) is 20.0. The predicted octanol–water partition coefficient (Wildman–Crippen LogP) is 2.17. The third-order valence-corrected chi connectivity index (χ3v) is 8.43. The molecule has 0 N–H and O–H groups in total. The molecule has 2 aliphatic heterocycles. The van der Waals surface area contributed by atoms with Gasteiger partial charge in [-0.05, 0) is 69.8 Å². The van der Waals surface area contributed by atoms with Gasteiger partial charge in [0.1, 0.15) is 13.2 Å². The molecule has 3 fully saturated rings. The van der Waals surface area contributed by atoms with Crippen LogP contribution in [-0.4, -0.2) is 101 Å². The van der Waals surface area contributed by atoms with Crippen LogP contribution in [0.5, 0.6) is 0 Å². The fraction of sp³-hybridized carbons (Fsp3) is 0.750. The fourth-order valence-electron chi connectivity index (χ4n) is 4.62. The first-order valence-corrected chi connectivity index (χ1v) is 16.0. The maximum absolute atomic E-state index is 12.7. The Bertz CT molecular complexity index is 968. The number of rotatable bonds is 16. The summed E-state index contributed by atoms with van der Waals surface area (Å²) in [7, 11) is 0. The van der Waals surface area contributed by atoms with Crippen molar-refractivity contribution in [2.45, 2.75) is 76.9 Å². The highest BCUT2D eigenvalue weighted by atomic mass is 32.2. The summed E-state index contributed by atoms with van der Waals surface area (Å²) in [4.78, 5) is 88.1. The van der Waals surface area contributed by atoms with E-state index in [1.54, 1.807) is 0 Å². The topological polar surface area (TPSA) is 154 Å². The van der Waals surface area contributed by atoms with Gasteiger partial charge in [0, 0.05) is 39.0 Å². The number of amides is 4. The zero-order valence-electron chi connectivity index (χ0n) is 24.4. The van der Waals surface area contributed by atoms with Gasteiger partial charge in [0.15, 0.2) is 11.6 Å². The molecule has 2 heterocycles. The van der Waals surface area contributed by atoms with Crippen LogP contribution in [0.1, 0.15) is 71.6 Å². The van der Waals surface area contributed by atoms with E-state index >= 15 is 0 Å². The van der Waals surface area contributed by atoms with Crippen LogP contribution in [0.15, 0.2) is 0 Å². The van der Waals surface area contributed by atoms with Crippen molar-refractivity contribution < 1.29 is 47.9 Å². The number of Topliss-reactive ketones (excluding diaryl/α,β-unsaturated/α-hetero) is 2. The number of imide groups is 2. The van der Waals surface area contributed by atoms with Gasteiger partial charge in [-0.1, -0.05) is 0 Å². The number of ether oxygens (including phenoxy) is 2. The van der Waals surface area contributed by atoms with Gasteiger partial charge in [-0.15, -0.1) is 16.8 Å². The van der Waals surface area contributed by atoms with Crippen molar-refractivity contribution in [1.82, 2.24) is 9.96 Å². The van der Waals surface area contributed by atoms with Crippen molar-refractivity contribution >= 4 is 65.6 Å². The third kappa shape index (κ3) is 12.5. The molecule has 0 spiro atoms. The van der Waals surface area contributed by atoms with Crippen LogP contribution in [0.25, 0.3) is 0 Å². The van der Waals surface area contributed by atoms with Gasteiger partial charge in [0.05, 0.1) is 11.2 Å². The number of hydrogen-bond donors (Lipinski definition) is 1. The molecule has 2 saturated heterocycles. The number of carbonyl (C=O) groups excluding carboxylic acids is 7. The lowest BCUT2D eigenvalue weighted by Gasteiger charge is -2.30. The van der Waals surface area contributed by atoms with Crippen molar-refractivity contribution in [1.29, 1.82) is 0 Å². The van der Waals surface area contributed by atoms with E-state index < -0.39 is 23.7 Å². The zero-order chi connectivity index (χ0) is 31.1. The van der Waals surface area contributed by atoms with E-state index in [-0.39, 0.29) is 67.0 Å². The van der Waals surface area contributed by atoms with E-state index in [9.17, 15) is 33.6 Å². The number of thioether (sulfide) groups is 1. The van der Waals surface area contributed by atoms with Crippen molar-refractivity contribution in [3.63, 3.8) is 0 Å². The standard InChI is InChI=1S/C22H30N2O8S.C6H12O2S/c1-14(25)13-31-9-2-10-33-17-11-20(28)23(21(17)29)12-15-3-5-16(6-4-15)22(30)32-24-18(26)7-8-19(24)27;1-6(7)5-8-3-2-4-9/h15-17H,2-13H2,1H3;9H,2-5H2,1H3. The molecular formula is C28H42N2O10S2. The highest BCUT2D eigenvalue weighted by molar-refractivity contribution is 8.00. The van der Waals surface area contributed by atoms with E-state index in [1.165, 1.54) is 30.5 Å². The Labute approximate surface area is 256 Å². The minimum Gasteiger partial charge on any atom is -0.374 e. The number of likely N-dealkylation sites (tertiary alicyclic amines) is 1. The Morgan fingerprint density at radius 3 is 1.98 bits per heavy atom. The molecule has 0 aromatic rings. The summed E-state index contributed by atoms with van der Waals surface area (Å²) < 4.78 is 10.1. The third-order valence-electron chi connectivity index (χ3n) is 6.82. The second-order valence-corrected chi connectivity index (χ2v) is 12.3.